The summed E-state index contributed by atoms with van der Waals surface area (Å²) in [5.74, 6) is 1.14. The molecule has 1 atom stereocenters. The van der Waals surface area contributed by atoms with E-state index >= 15 is 0 Å². The van der Waals surface area contributed by atoms with Crippen molar-refractivity contribution in [2.24, 2.45) is 0 Å². The van der Waals surface area contributed by atoms with Crippen molar-refractivity contribution in [3.63, 3.8) is 0 Å². The molecule has 0 bridgehead atoms. The van der Waals surface area contributed by atoms with Gasteiger partial charge in [-0.2, -0.15) is 0 Å². The first kappa shape index (κ1) is 17.1. The van der Waals surface area contributed by atoms with Gasteiger partial charge in [-0.15, -0.1) is 0 Å². The molecule has 0 unspecified atom stereocenters. The Labute approximate surface area is 144 Å². The van der Waals surface area contributed by atoms with Crippen LogP contribution >= 0.6 is 0 Å². The molecule has 1 aromatic rings. The monoisotopic (exact) mass is 331 g/mol. The van der Waals surface area contributed by atoms with Crippen LogP contribution in [0.5, 0.6) is 11.5 Å². The maximum absolute atomic E-state index is 12.9. The Kier molecular flexibility index (Phi) is 4.50. The molecule has 0 aromatic heterocycles. The summed E-state index contributed by atoms with van der Waals surface area (Å²) < 4.78 is 6.25. The van der Waals surface area contributed by atoms with Crippen LogP contribution in [0, 0.1) is 20.8 Å². The standard InChI is InChI=1S/C20H29NO3/c1-12-13(2)18-16(14(3)17(12)22)10-11-20(4,24-18)19(23)21-15-8-6-5-7-9-15/h15,22H,5-11H2,1-4H3,(H,21,23)/t20-/m1/s1. The maximum Gasteiger partial charge on any atom is 0.264 e. The van der Waals surface area contributed by atoms with Crippen molar-refractivity contribution in [3.8, 4) is 11.5 Å². The fourth-order valence-electron chi connectivity index (χ4n) is 3.99. The Hall–Kier alpha value is -1.71. The van der Waals surface area contributed by atoms with Gasteiger partial charge in [-0.25, -0.2) is 0 Å². The van der Waals surface area contributed by atoms with E-state index in [0.717, 1.165) is 47.3 Å². The quantitative estimate of drug-likeness (QED) is 0.865. The number of nitrogens with one attached hydrogen (secondary N) is 1. The van der Waals surface area contributed by atoms with Crippen LogP contribution in [0.25, 0.3) is 0 Å². The Morgan fingerprint density at radius 1 is 1.12 bits per heavy atom. The second kappa shape index (κ2) is 6.30. The van der Waals surface area contributed by atoms with E-state index in [1.165, 1.54) is 19.3 Å². The van der Waals surface area contributed by atoms with E-state index in [-0.39, 0.29) is 11.9 Å². The van der Waals surface area contributed by atoms with Gasteiger partial charge < -0.3 is 15.2 Å². The summed E-state index contributed by atoms with van der Waals surface area (Å²) in [4.78, 5) is 12.9. The van der Waals surface area contributed by atoms with Crippen LogP contribution in [-0.2, 0) is 11.2 Å². The van der Waals surface area contributed by atoms with Crippen LogP contribution in [0.1, 0.15) is 67.7 Å². The van der Waals surface area contributed by atoms with Crippen LogP contribution in [0.3, 0.4) is 0 Å². The van der Waals surface area contributed by atoms with E-state index in [1.54, 1.807) is 0 Å². The number of hydrogen-bond donors (Lipinski definition) is 2. The molecule has 4 nitrogen and oxygen atoms in total. The van der Waals surface area contributed by atoms with E-state index < -0.39 is 5.60 Å². The minimum absolute atomic E-state index is 0.00262. The Balaban J connectivity index is 1.84. The predicted molar refractivity (Wildman–Crippen MR) is 94.7 cm³/mol. The summed E-state index contributed by atoms with van der Waals surface area (Å²) in [7, 11) is 0. The molecule has 1 aromatic carbocycles. The van der Waals surface area contributed by atoms with Gasteiger partial charge in [0.05, 0.1) is 0 Å². The minimum Gasteiger partial charge on any atom is -0.507 e. The highest BCUT2D eigenvalue weighted by Gasteiger charge is 2.41. The second-order valence-electron chi connectivity index (χ2n) is 7.67. The van der Waals surface area contributed by atoms with Crippen LogP contribution < -0.4 is 10.1 Å². The normalized spacial score (nSPS) is 24.2. The lowest BCUT2D eigenvalue weighted by molar-refractivity contribution is -0.137. The summed E-state index contributed by atoms with van der Waals surface area (Å²) in [6, 6.07) is 0.289. The summed E-state index contributed by atoms with van der Waals surface area (Å²) in [5.41, 5.74) is 2.86. The SMILES string of the molecule is Cc1c(C)c2c(c(C)c1O)CC[C@](C)(C(=O)NC1CCCCC1)O2. The molecule has 1 fully saturated rings. The molecule has 4 heteroatoms. The van der Waals surface area contributed by atoms with Crippen molar-refractivity contribution in [2.45, 2.75) is 84.3 Å². The van der Waals surface area contributed by atoms with Gasteiger partial charge in [0.25, 0.3) is 5.91 Å². The third-order valence-corrected chi connectivity index (χ3v) is 5.94. The molecular formula is C20H29NO3. The highest BCUT2D eigenvalue weighted by molar-refractivity contribution is 5.86. The largest absolute Gasteiger partial charge is 0.507 e. The topological polar surface area (TPSA) is 58.6 Å². The number of aromatic hydroxyl groups is 1. The van der Waals surface area contributed by atoms with Gasteiger partial charge in [-0.1, -0.05) is 19.3 Å². The highest BCUT2D eigenvalue weighted by atomic mass is 16.5. The summed E-state index contributed by atoms with van der Waals surface area (Å²) in [5, 5.41) is 13.5. The maximum atomic E-state index is 12.9. The molecule has 132 valence electrons. The Bertz CT molecular complexity index is 662. The number of carbonyl (C=O) groups is 1. The molecule has 1 aliphatic heterocycles. The molecule has 1 heterocycles. The van der Waals surface area contributed by atoms with Crippen LogP contribution in [0.2, 0.25) is 0 Å². The zero-order valence-corrected chi connectivity index (χ0v) is 15.3. The lowest BCUT2D eigenvalue weighted by Crippen LogP contribution is -2.53. The first-order valence-corrected chi connectivity index (χ1v) is 9.15. The van der Waals surface area contributed by atoms with E-state index in [1.807, 2.05) is 27.7 Å². The highest BCUT2D eigenvalue weighted by Crippen LogP contribution is 2.43. The van der Waals surface area contributed by atoms with E-state index in [0.29, 0.717) is 12.2 Å². The summed E-state index contributed by atoms with van der Waals surface area (Å²) in [6.07, 6.45) is 7.21. The molecule has 2 N–H and O–H groups in total. The van der Waals surface area contributed by atoms with Gasteiger partial charge in [0, 0.05) is 18.0 Å². The zero-order chi connectivity index (χ0) is 17.5. The van der Waals surface area contributed by atoms with Crippen LogP contribution in [0.15, 0.2) is 0 Å². The number of hydrogen-bond acceptors (Lipinski definition) is 3. The van der Waals surface area contributed by atoms with Crippen molar-refractivity contribution < 1.29 is 14.6 Å². The van der Waals surface area contributed by atoms with Gasteiger partial charge in [-0.3, -0.25) is 4.79 Å². The van der Waals surface area contributed by atoms with Crippen molar-refractivity contribution in [1.29, 1.82) is 0 Å². The Morgan fingerprint density at radius 3 is 2.46 bits per heavy atom. The summed E-state index contributed by atoms with van der Waals surface area (Å²) in [6.45, 7) is 7.67. The predicted octanol–water partition coefficient (Wildman–Crippen LogP) is 3.85. The van der Waals surface area contributed by atoms with Gasteiger partial charge in [-0.05, 0) is 63.6 Å². The third kappa shape index (κ3) is 2.87. The number of fused-ring (bicyclic) bond motifs is 1. The number of phenolic OH excluding ortho intramolecular Hbond substituents is 1. The lowest BCUT2D eigenvalue weighted by atomic mass is 9.86. The Morgan fingerprint density at radius 2 is 1.79 bits per heavy atom. The molecule has 1 saturated carbocycles. The van der Waals surface area contributed by atoms with Gasteiger partial charge in [0.1, 0.15) is 11.5 Å². The van der Waals surface area contributed by atoms with Crippen LogP contribution in [-0.4, -0.2) is 22.7 Å². The zero-order valence-electron chi connectivity index (χ0n) is 15.3. The molecule has 0 saturated heterocycles. The smallest absolute Gasteiger partial charge is 0.264 e. The lowest BCUT2D eigenvalue weighted by Gasteiger charge is -2.38. The number of phenols is 1. The van der Waals surface area contributed by atoms with E-state index in [2.05, 4.69) is 5.32 Å². The van der Waals surface area contributed by atoms with Crippen molar-refractivity contribution in [3.05, 3.63) is 22.3 Å². The summed E-state index contributed by atoms with van der Waals surface area (Å²) >= 11 is 0. The molecule has 24 heavy (non-hydrogen) atoms. The molecule has 2 aliphatic rings. The number of ether oxygens (including phenoxy) is 1. The first-order chi connectivity index (χ1) is 11.3. The molecular weight excluding hydrogens is 302 g/mol. The van der Waals surface area contributed by atoms with E-state index in [9.17, 15) is 9.90 Å². The molecule has 1 amide bonds. The van der Waals surface area contributed by atoms with Crippen molar-refractivity contribution in [2.75, 3.05) is 0 Å². The van der Waals surface area contributed by atoms with Gasteiger partial charge in [0.2, 0.25) is 0 Å². The van der Waals surface area contributed by atoms with E-state index in [4.69, 9.17) is 4.74 Å². The first-order valence-electron chi connectivity index (χ1n) is 9.15. The fraction of sp³-hybridized carbons (Fsp3) is 0.650. The average molecular weight is 331 g/mol. The average Bonchev–Trinajstić information content (AvgIpc) is 2.59. The molecule has 1 aliphatic carbocycles. The third-order valence-electron chi connectivity index (χ3n) is 5.94. The van der Waals surface area contributed by atoms with Crippen LogP contribution in [0.4, 0.5) is 0 Å². The number of benzene rings is 1. The van der Waals surface area contributed by atoms with Crippen molar-refractivity contribution in [1.82, 2.24) is 5.32 Å². The van der Waals surface area contributed by atoms with Gasteiger partial charge in [0.15, 0.2) is 5.60 Å². The second-order valence-corrected chi connectivity index (χ2v) is 7.67. The molecule has 0 radical (unpaired) electrons. The molecule has 0 spiro atoms. The number of carbonyl (C=O) groups excluding carboxylic acids is 1. The number of rotatable bonds is 2. The fourth-order valence-corrected chi connectivity index (χ4v) is 3.99. The van der Waals surface area contributed by atoms with Crippen molar-refractivity contribution >= 4 is 5.91 Å². The molecule has 3 rings (SSSR count). The van der Waals surface area contributed by atoms with Gasteiger partial charge >= 0.3 is 0 Å². The minimum atomic E-state index is -0.828. The number of amides is 1.